The minimum Gasteiger partial charge on any atom is -0.395 e. The van der Waals surface area contributed by atoms with Gasteiger partial charge in [0.25, 0.3) is 0 Å². The number of carbonyl (C=O) groups excluding carboxylic acids is 1. The zero-order valence-corrected chi connectivity index (χ0v) is 12.1. The van der Waals surface area contributed by atoms with Crippen LogP contribution in [0.25, 0.3) is 0 Å². The highest BCUT2D eigenvalue weighted by Gasteiger charge is 2.23. The molecule has 19 heavy (non-hydrogen) atoms. The minimum atomic E-state index is 0.259. The summed E-state index contributed by atoms with van der Waals surface area (Å²) in [6, 6.07) is 0. The highest BCUT2D eigenvalue weighted by molar-refractivity contribution is 5.78. The van der Waals surface area contributed by atoms with Crippen LogP contribution in [0.4, 0.5) is 0 Å². The summed E-state index contributed by atoms with van der Waals surface area (Å²) >= 11 is 0. The molecule has 0 bridgehead atoms. The molecular formula is C14H27N3O2. The van der Waals surface area contributed by atoms with Crippen molar-refractivity contribution in [3.63, 3.8) is 0 Å². The summed E-state index contributed by atoms with van der Waals surface area (Å²) in [6.07, 6.45) is 3.53. The number of likely N-dealkylation sites (N-methyl/N-ethyl adjacent to an activating group) is 1. The van der Waals surface area contributed by atoms with Crippen molar-refractivity contribution in [2.45, 2.75) is 19.3 Å². The fourth-order valence-corrected chi connectivity index (χ4v) is 2.94. The zero-order chi connectivity index (χ0) is 13.7. The van der Waals surface area contributed by atoms with E-state index < -0.39 is 0 Å². The normalized spacial score (nSPS) is 21.7. The van der Waals surface area contributed by atoms with Crippen molar-refractivity contribution < 1.29 is 9.90 Å². The summed E-state index contributed by atoms with van der Waals surface area (Å²) in [4.78, 5) is 18.3. The molecule has 1 amide bonds. The molecule has 0 aromatic carbocycles. The Hall–Kier alpha value is -0.650. The first-order chi connectivity index (χ1) is 9.19. The molecule has 2 aliphatic rings. The van der Waals surface area contributed by atoms with Crippen LogP contribution in [0.3, 0.4) is 0 Å². The van der Waals surface area contributed by atoms with Gasteiger partial charge in [-0.3, -0.25) is 9.69 Å². The lowest BCUT2D eigenvalue weighted by Gasteiger charge is -2.35. The molecule has 2 fully saturated rings. The Morgan fingerprint density at radius 1 is 1.26 bits per heavy atom. The largest absolute Gasteiger partial charge is 0.395 e. The second kappa shape index (κ2) is 7.22. The molecule has 2 heterocycles. The van der Waals surface area contributed by atoms with E-state index in [-0.39, 0.29) is 12.5 Å². The molecule has 5 nitrogen and oxygen atoms in total. The number of hydrogen-bond donors (Lipinski definition) is 1. The van der Waals surface area contributed by atoms with Crippen molar-refractivity contribution in [2.75, 3.05) is 59.5 Å². The predicted octanol–water partition coefficient (Wildman–Crippen LogP) is -0.145. The van der Waals surface area contributed by atoms with Gasteiger partial charge < -0.3 is 14.9 Å². The highest BCUT2D eigenvalue weighted by atomic mass is 16.3. The zero-order valence-electron chi connectivity index (χ0n) is 12.1. The van der Waals surface area contributed by atoms with Gasteiger partial charge in [-0.05, 0) is 45.3 Å². The SMILES string of the molecule is CN(CC(=O)N1CCC1)CC1CCN(CCO)CC1. The Balaban J connectivity index is 1.62. The number of rotatable bonds is 6. The molecule has 0 aromatic rings. The number of nitrogens with zero attached hydrogens (tertiary/aromatic N) is 3. The smallest absolute Gasteiger partial charge is 0.236 e. The Bertz CT molecular complexity index is 286. The van der Waals surface area contributed by atoms with Crippen molar-refractivity contribution in [3.8, 4) is 0 Å². The molecule has 0 atom stereocenters. The maximum Gasteiger partial charge on any atom is 0.236 e. The van der Waals surface area contributed by atoms with Gasteiger partial charge in [-0.25, -0.2) is 0 Å². The highest BCUT2D eigenvalue weighted by Crippen LogP contribution is 2.18. The third-order valence-electron chi connectivity index (χ3n) is 4.31. The molecule has 0 radical (unpaired) electrons. The molecule has 0 saturated carbocycles. The van der Waals surface area contributed by atoms with Crippen molar-refractivity contribution >= 4 is 5.91 Å². The predicted molar refractivity (Wildman–Crippen MR) is 74.9 cm³/mol. The third-order valence-corrected chi connectivity index (χ3v) is 4.31. The molecule has 0 spiro atoms. The van der Waals surface area contributed by atoms with E-state index in [0.29, 0.717) is 12.5 Å². The summed E-state index contributed by atoms with van der Waals surface area (Å²) in [7, 11) is 2.05. The minimum absolute atomic E-state index is 0.259. The molecule has 1 N–H and O–H groups in total. The van der Waals surface area contributed by atoms with Crippen molar-refractivity contribution in [1.82, 2.24) is 14.7 Å². The fourth-order valence-electron chi connectivity index (χ4n) is 2.94. The lowest BCUT2D eigenvalue weighted by Crippen LogP contribution is -2.47. The van der Waals surface area contributed by atoms with Crippen molar-refractivity contribution in [2.24, 2.45) is 5.92 Å². The lowest BCUT2D eigenvalue weighted by atomic mass is 9.96. The third kappa shape index (κ3) is 4.44. The monoisotopic (exact) mass is 269 g/mol. The van der Waals surface area contributed by atoms with Crippen LogP contribution < -0.4 is 0 Å². The molecule has 0 unspecified atom stereocenters. The number of piperidine rings is 1. The van der Waals surface area contributed by atoms with E-state index in [1.54, 1.807) is 0 Å². The molecule has 0 aliphatic carbocycles. The van der Waals surface area contributed by atoms with Gasteiger partial charge in [0.2, 0.25) is 5.91 Å². The van der Waals surface area contributed by atoms with Gasteiger partial charge in [0, 0.05) is 26.2 Å². The van der Waals surface area contributed by atoms with E-state index in [2.05, 4.69) is 16.8 Å². The maximum absolute atomic E-state index is 11.9. The number of β-amino-alcohol motifs (C(OH)–C–C–N with tert-alkyl or cyclic N) is 1. The second-order valence-electron chi connectivity index (χ2n) is 5.94. The van der Waals surface area contributed by atoms with Gasteiger partial charge >= 0.3 is 0 Å². The van der Waals surface area contributed by atoms with Crippen LogP contribution in [0, 0.1) is 5.92 Å². The van der Waals surface area contributed by atoms with Gasteiger partial charge in [0.05, 0.1) is 13.2 Å². The van der Waals surface area contributed by atoms with E-state index >= 15 is 0 Å². The van der Waals surface area contributed by atoms with Gasteiger partial charge in [-0.2, -0.15) is 0 Å². The molecule has 2 rings (SSSR count). The summed E-state index contributed by atoms with van der Waals surface area (Å²) in [5.41, 5.74) is 0. The van der Waals surface area contributed by atoms with Crippen LogP contribution in [-0.2, 0) is 4.79 Å². The average Bonchev–Trinajstić information content (AvgIpc) is 2.29. The molecule has 5 heteroatoms. The van der Waals surface area contributed by atoms with E-state index in [0.717, 1.165) is 39.3 Å². The summed E-state index contributed by atoms with van der Waals surface area (Å²) in [6.45, 7) is 6.71. The van der Waals surface area contributed by atoms with E-state index in [1.807, 2.05) is 4.90 Å². The standard InChI is InChI=1S/C14H27N3O2/c1-15(12-14(19)17-5-2-6-17)11-13-3-7-16(8-4-13)9-10-18/h13,18H,2-12H2,1H3. The second-order valence-corrected chi connectivity index (χ2v) is 5.94. The first kappa shape index (κ1) is 14.8. The van der Waals surface area contributed by atoms with Crippen LogP contribution in [0.15, 0.2) is 0 Å². The Kier molecular flexibility index (Phi) is 5.60. The molecule has 2 saturated heterocycles. The number of carbonyl (C=O) groups is 1. The molecule has 2 aliphatic heterocycles. The van der Waals surface area contributed by atoms with Crippen molar-refractivity contribution in [3.05, 3.63) is 0 Å². The Morgan fingerprint density at radius 3 is 2.47 bits per heavy atom. The fraction of sp³-hybridized carbons (Fsp3) is 0.929. The van der Waals surface area contributed by atoms with Crippen molar-refractivity contribution in [1.29, 1.82) is 0 Å². The van der Waals surface area contributed by atoms with E-state index in [1.165, 1.54) is 19.3 Å². The van der Waals surface area contributed by atoms with E-state index in [9.17, 15) is 4.79 Å². The van der Waals surface area contributed by atoms with E-state index in [4.69, 9.17) is 5.11 Å². The Labute approximate surface area is 116 Å². The number of aliphatic hydroxyl groups is 1. The quantitative estimate of drug-likeness (QED) is 0.729. The van der Waals surface area contributed by atoms with Crippen LogP contribution in [0.1, 0.15) is 19.3 Å². The number of aliphatic hydroxyl groups excluding tert-OH is 1. The number of likely N-dealkylation sites (tertiary alicyclic amines) is 2. The molecule has 0 aromatic heterocycles. The van der Waals surface area contributed by atoms with Gasteiger partial charge in [0.15, 0.2) is 0 Å². The average molecular weight is 269 g/mol. The summed E-state index contributed by atoms with van der Waals surface area (Å²) in [5, 5.41) is 8.92. The van der Waals surface area contributed by atoms with Crippen LogP contribution >= 0.6 is 0 Å². The molecule has 110 valence electrons. The summed E-state index contributed by atoms with van der Waals surface area (Å²) < 4.78 is 0. The van der Waals surface area contributed by atoms with Gasteiger partial charge in [0.1, 0.15) is 0 Å². The number of amides is 1. The number of hydrogen-bond acceptors (Lipinski definition) is 4. The summed E-state index contributed by atoms with van der Waals surface area (Å²) in [5.74, 6) is 0.982. The first-order valence-electron chi connectivity index (χ1n) is 7.48. The lowest BCUT2D eigenvalue weighted by molar-refractivity contribution is -0.135. The first-order valence-corrected chi connectivity index (χ1v) is 7.48. The maximum atomic E-state index is 11.9. The molecular weight excluding hydrogens is 242 g/mol. The van der Waals surface area contributed by atoms with Crippen LogP contribution in [0.2, 0.25) is 0 Å². The van der Waals surface area contributed by atoms with Crippen LogP contribution in [0.5, 0.6) is 0 Å². The van der Waals surface area contributed by atoms with Crippen LogP contribution in [-0.4, -0.2) is 85.2 Å². The topological polar surface area (TPSA) is 47.0 Å². The Morgan fingerprint density at radius 2 is 1.95 bits per heavy atom. The van der Waals surface area contributed by atoms with Gasteiger partial charge in [-0.15, -0.1) is 0 Å². The van der Waals surface area contributed by atoms with Gasteiger partial charge in [-0.1, -0.05) is 0 Å².